The molecule has 3 nitrogen and oxygen atoms in total. The lowest BCUT2D eigenvalue weighted by Crippen LogP contribution is -2.30. The average molecular weight is 286 g/mol. The van der Waals surface area contributed by atoms with Crippen molar-refractivity contribution in [3.05, 3.63) is 27.7 Å². The van der Waals surface area contributed by atoms with Gasteiger partial charge in [-0.1, -0.05) is 37.0 Å². The largest absolute Gasteiger partial charge is 0.457 e. The zero-order valence-corrected chi connectivity index (χ0v) is 11.8. The zero-order chi connectivity index (χ0) is 13.5. The molecule has 0 N–H and O–H groups in total. The molecule has 1 aromatic carbocycles. The topological polar surface area (TPSA) is 38.7 Å². The Hall–Kier alpha value is -1.06. The smallest absolute Gasteiger partial charge is 0.303 e. The number of carbonyl (C=O) groups is 1. The van der Waals surface area contributed by atoms with E-state index in [1.54, 1.807) is 18.3 Å². The van der Waals surface area contributed by atoms with E-state index in [0.29, 0.717) is 21.3 Å². The average Bonchev–Trinajstić information content (AvgIpc) is 2.27. The van der Waals surface area contributed by atoms with Crippen LogP contribution < -0.4 is 0 Å². The van der Waals surface area contributed by atoms with Crippen molar-refractivity contribution in [2.45, 2.75) is 26.9 Å². The van der Waals surface area contributed by atoms with Gasteiger partial charge in [-0.3, -0.25) is 9.79 Å². The molecule has 1 heterocycles. The Labute approximate surface area is 116 Å². The number of carbonyl (C=O) groups excluding carboxylic acids is 1. The van der Waals surface area contributed by atoms with E-state index in [-0.39, 0.29) is 5.97 Å². The van der Waals surface area contributed by atoms with Gasteiger partial charge >= 0.3 is 5.97 Å². The first-order valence-corrected chi connectivity index (χ1v) is 6.29. The maximum Gasteiger partial charge on any atom is 0.303 e. The summed E-state index contributed by atoms with van der Waals surface area (Å²) >= 11 is 12.2. The van der Waals surface area contributed by atoms with Crippen LogP contribution in [0.15, 0.2) is 17.1 Å². The summed E-state index contributed by atoms with van der Waals surface area (Å²) in [6.45, 7) is 5.24. The predicted octanol–water partition coefficient (Wildman–Crippen LogP) is 4.34. The van der Waals surface area contributed by atoms with Gasteiger partial charge in [0.05, 0.1) is 15.7 Å². The Morgan fingerprint density at radius 3 is 2.67 bits per heavy atom. The van der Waals surface area contributed by atoms with Gasteiger partial charge < -0.3 is 4.74 Å². The SMILES string of the molecule is CC(=O)OC1c2c(ccc(Cl)c2Cl)N=CC1(C)C. The minimum absolute atomic E-state index is 0.356. The zero-order valence-electron chi connectivity index (χ0n) is 10.3. The van der Waals surface area contributed by atoms with Crippen molar-refractivity contribution in [3.8, 4) is 0 Å². The minimum atomic E-state index is -0.478. The van der Waals surface area contributed by atoms with Gasteiger partial charge in [-0.25, -0.2) is 0 Å². The number of ether oxygens (including phenoxy) is 1. The number of rotatable bonds is 1. The second kappa shape index (κ2) is 4.56. The van der Waals surface area contributed by atoms with Crippen LogP contribution in [-0.4, -0.2) is 12.2 Å². The Balaban J connectivity index is 2.61. The van der Waals surface area contributed by atoms with Gasteiger partial charge in [0.2, 0.25) is 0 Å². The fourth-order valence-corrected chi connectivity index (χ4v) is 2.39. The molecule has 18 heavy (non-hydrogen) atoms. The molecule has 96 valence electrons. The van der Waals surface area contributed by atoms with Crippen molar-refractivity contribution in [1.29, 1.82) is 0 Å². The molecule has 1 aromatic rings. The van der Waals surface area contributed by atoms with Gasteiger partial charge in [0, 0.05) is 24.1 Å². The molecule has 0 aromatic heterocycles. The summed E-state index contributed by atoms with van der Waals surface area (Å²) in [4.78, 5) is 15.6. The van der Waals surface area contributed by atoms with E-state index in [1.807, 2.05) is 13.8 Å². The van der Waals surface area contributed by atoms with Crippen LogP contribution in [0.25, 0.3) is 0 Å². The predicted molar refractivity (Wildman–Crippen MR) is 72.9 cm³/mol. The van der Waals surface area contributed by atoms with E-state index in [0.717, 1.165) is 0 Å². The van der Waals surface area contributed by atoms with E-state index in [4.69, 9.17) is 27.9 Å². The quantitative estimate of drug-likeness (QED) is 0.720. The molecule has 1 aliphatic heterocycles. The fourth-order valence-electron chi connectivity index (χ4n) is 1.97. The Morgan fingerprint density at radius 2 is 2.06 bits per heavy atom. The lowest BCUT2D eigenvalue weighted by atomic mass is 9.81. The van der Waals surface area contributed by atoms with Crippen LogP contribution in [0.1, 0.15) is 32.4 Å². The first kappa shape index (κ1) is 13.4. The third-order valence-corrected chi connectivity index (χ3v) is 3.69. The van der Waals surface area contributed by atoms with Gasteiger partial charge in [0.1, 0.15) is 6.10 Å². The number of hydrogen-bond donors (Lipinski definition) is 0. The van der Waals surface area contributed by atoms with Gasteiger partial charge in [-0.15, -0.1) is 0 Å². The van der Waals surface area contributed by atoms with Crippen LogP contribution in [0.4, 0.5) is 5.69 Å². The van der Waals surface area contributed by atoms with Crippen LogP contribution in [0.3, 0.4) is 0 Å². The molecule has 1 unspecified atom stereocenters. The molecule has 0 saturated heterocycles. The maximum absolute atomic E-state index is 11.3. The Kier molecular flexibility index (Phi) is 3.39. The van der Waals surface area contributed by atoms with E-state index >= 15 is 0 Å². The van der Waals surface area contributed by atoms with E-state index in [2.05, 4.69) is 4.99 Å². The first-order chi connectivity index (χ1) is 8.33. The van der Waals surface area contributed by atoms with Gasteiger partial charge in [0.25, 0.3) is 0 Å². The molecule has 1 aliphatic rings. The van der Waals surface area contributed by atoms with Gasteiger partial charge in [-0.2, -0.15) is 0 Å². The molecule has 5 heteroatoms. The number of fused-ring (bicyclic) bond motifs is 1. The van der Waals surface area contributed by atoms with Crippen molar-refractivity contribution in [2.75, 3.05) is 0 Å². The number of aliphatic imine (C=N–C) groups is 1. The molecule has 0 aliphatic carbocycles. The maximum atomic E-state index is 11.3. The normalized spacial score (nSPS) is 20.4. The van der Waals surface area contributed by atoms with E-state index in [9.17, 15) is 4.79 Å². The molecule has 0 amide bonds. The number of nitrogens with zero attached hydrogens (tertiary/aromatic N) is 1. The standard InChI is InChI=1S/C13H13Cl2NO2/c1-7(17)18-12-10-9(16-6-13(12,2)3)5-4-8(14)11(10)15/h4-6,12H,1-3H3. The van der Waals surface area contributed by atoms with Crippen LogP contribution in [0.5, 0.6) is 0 Å². The van der Waals surface area contributed by atoms with Crippen molar-refractivity contribution in [2.24, 2.45) is 10.4 Å². The van der Waals surface area contributed by atoms with Gasteiger partial charge in [-0.05, 0) is 12.1 Å². The van der Waals surface area contributed by atoms with Crippen LogP contribution >= 0.6 is 23.2 Å². The minimum Gasteiger partial charge on any atom is -0.457 e. The fraction of sp³-hybridized carbons (Fsp3) is 0.385. The summed E-state index contributed by atoms with van der Waals surface area (Å²) in [5, 5.41) is 0.825. The third kappa shape index (κ3) is 2.25. The number of hydrogen-bond acceptors (Lipinski definition) is 3. The second-order valence-corrected chi connectivity index (χ2v) is 5.65. The molecular weight excluding hydrogens is 273 g/mol. The lowest BCUT2D eigenvalue weighted by Gasteiger charge is -2.34. The number of benzene rings is 1. The number of halogens is 2. The van der Waals surface area contributed by atoms with E-state index < -0.39 is 11.5 Å². The highest BCUT2D eigenvalue weighted by molar-refractivity contribution is 6.42. The Morgan fingerprint density at radius 1 is 1.39 bits per heavy atom. The molecule has 0 fully saturated rings. The second-order valence-electron chi connectivity index (χ2n) is 4.86. The van der Waals surface area contributed by atoms with Crippen LogP contribution in [0.2, 0.25) is 10.0 Å². The molecule has 0 spiro atoms. The lowest BCUT2D eigenvalue weighted by molar-refractivity contribution is -0.150. The third-order valence-electron chi connectivity index (χ3n) is 2.87. The van der Waals surface area contributed by atoms with Crippen molar-refractivity contribution in [1.82, 2.24) is 0 Å². The summed E-state index contributed by atoms with van der Waals surface area (Å²) in [7, 11) is 0. The molecule has 0 saturated carbocycles. The van der Waals surface area contributed by atoms with Gasteiger partial charge in [0.15, 0.2) is 0 Å². The monoisotopic (exact) mass is 285 g/mol. The summed E-state index contributed by atoms with van der Waals surface area (Å²) in [6.07, 6.45) is 1.29. The summed E-state index contributed by atoms with van der Waals surface area (Å²) < 4.78 is 5.40. The van der Waals surface area contributed by atoms with E-state index in [1.165, 1.54) is 6.92 Å². The van der Waals surface area contributed by atoms with Crippen LogP contribution in [0, 0.1) is 5.41 Å². The highest BCUT2D eigenvalue weighted by Gasteiger charge is 2.38. The molecular formula is C13H13Cl2NO2. The molecule has 2 rings (SSSR count). The molecule has 0 radical (unpaired) electrons. The van der Waals surface area contributed by atoms with Crippen molar-refractivity contribution in [3.63, 3.8) is 0 Å². The molecule has 0 bridgehead atoms. The molecule has 1 atom stereocenters. The number of esters is 1. The van der Waals surface area contributed by atoms with Crippen LogP contribution in [-0.2, 0) is 9.53 Å². The Bertz CT molecular complexity index is 538. The highest BCUT2D eigenvalue weighted by Crippen LogP contribution is 2.48. The summed E-state index contributed by atoms with van der Waals surface area (Å²) in [5.74, 6) is -0.356. The summed E-state index contributed by atoms with van der Waals surface area (Å²) in [5.41, 5.74) is 0.939. The first-order valence-electron chi connectivity index (χ1n) is 5.53. The highest BCUT2D eigenvalue weighted by atomic mass is 35.5. The summed E-state index contributed by atoms with van der Waals surface area (Å²) in [6, 6.07) is 3.45. The van der Waals surface area contributed by atoms with Crippen molar-refractivity contribution >= 4 is 41.1 Å². The van der Waals surface area contributed by atoms with Crippen molar-refractivity contribution < 1.29 is 9.53 Å².